The van der Waals surface area contributed by atoms with Crippen molar-refractivity contribution in [1.29, 1.82) is 0 Å². The van der Waals surface area contributed by atoms with Crippen LogP contribution < -0.4 is 11.1 Å². The second kappa shape index (κ2) is 21.2. The van der Waals surface area contributed by atoms with Crippen molar-refractivity contribution < 1.29 is 85.0 Å². The third-order valence-corrected chi connectivity index (χ3v) is 10.0. The quantitative estimate of drug-likeness (QED) is 0.0397. The Morgan fingerprint density at radius 1 is 0.760 bits per heavy atom. The summed E-state index contributed by atoms with van der Waals surface area (Å²) in [7, 11) is -17.1. The van der Waals surface area contributed by atoms with Gasteiger partial charge in [0, 0.05) is 19.8 Å². The number of hydrogen-bond acceptors (Lipinski definition) is 19. The minimum Gasteiger partial charge on any atom is -0.385 e. The highest BCUT2D eigenvalue weighted by Crippen LogP contribution is 2.67. The van der Waals surface area contributed by atoms with E-state index in [0.29, 0.717) is 91.4 Å². The minimum atomic E-state index is -5.83. The molecule has 0 amide bonds. The predicted molar refractivity (Wildman–Crippen MR) is 167 cm³/mol. The number of phosphoric ester groups is 1. The van der Waals surface area contributed by atoms with Gasteiger partial charge in [0.05, 0.1) is 59.2 Å². The second-order valence-corrected chi connectivity index (χ2v) is 14.5. The average molecular weight is 785 g/mol. The maximum atomic E-state index is 12.2. The minimum absolute atomic E-state index is 0.117. The normalized spacial score (nSPS) is 22.1. The van der Waals surface area contributed by atoms with Crippen molar-refractivity contribution in [3.8, 4) is 0 Å². The molecule has 0 radical (unpaired) electrons. The molecule has 0 aromatic carbocycles. The highest BCUT2D eigenvalue weighted by atomic mass is 31.3. The summed E-state index contributed by atoms with van der Waals surface area (Å²) in [6, 6.07) is 0. The first-order valence-electron chi connectivity index (χ1n) is 15.1. The lowest BCUT2D eigenvalue weighted by molar-refractivity contribution is -0.133. The average Bonchev–Trinajstić information content (AvgIpc) is 3.57. The maximum Gasteiger partial charge on any atom is 0.490 e. The Morgan fingerprint density at radius 2 is 1.32 bits per heavy atom. The fourth-order valence-corrected chi connectivity index (χ4v) is 7.19. The summed E-state index contributed by atoms with van der Waals surface area (Å²) in [5.41, 5.74) is 5.74. The van der Waals surface area contributed by atoms with Crippen molar-refractivity contribution in [3.05, 3.63) is 12.7 Å². The van der Waals surface area contributed by atoms with Crippen LogP contribution in [0, 0.1) is 0 Å². The van der Waals surface area contributed by atoms with E-state index in [4.69, 9.17) is 43.9 Å². The molecule has 0 spiro atoms. The standard InChI is InChI=1S/C23H43N6O18P3/c24-3-1-5-39-7-9-41-11-13-43-14-12-42-10-8-40-6-2-4-25-20-17-21(27-15-26-20)29(16-28-17)22-18(30)19(31)23(44-22)45-49(35,36)47-50(37,38)46-48(32,33)34/h15-16,18-19,22-23,30-31H,1-14,24H2,(H,35,36)(H,37,38)(H,25,26,27)(H2,32,33,34). The summed E-state index contributed by atoms with van der Waals surface area (Å²) in [4.78, 5) is 48.9. The van der Waals surface area contributed by atoms with Crippen molar-refractivity contribution in [2.75, 3.05) is 84.5 Å². The van der Waals surface area contributed by atoms with E-state index >= 15 is 0 Å². The Morgan fingerprint density at radius 3 is 1.88 bits per heavy atom. The molecule has 288 valence electrons. The van der Waals surface area contributed by atoms with E-state index in [9.17, 15) is 33.7 Å². The Bertz CT molecular complexity index is 1440. The van der Waals surface area contributed by atoms with Gasteiger partial charge in [0.15, 0.2) is 29.5 Å². The summed E-state index contributed by atoms with van der Waals surface area (Å²) in [5, 5.41) is 24.0. The molecule has 1 aliphatic heterocycles. The van der Waals surface area contributed by atoms with Gasteiger partial charge in [-0.1, -0.05) is 0 Å². The summed E-state index contributed by atoms with van der Waals surface area (Å²) in [6.07, 6.45) is -3.68. The van der Waals surface area contributed by atoms with Gasteiger partial charge in [-0.3, -0.25) is 9.09 Å². The van der Waals surface area contributed by atoms with E-state index < -0.39 is 48.2 Å². The van der Waals surface area contributed by atoms with Gasteiger partial charge in [0.25, 0.3) is 0 Å². The van der Waals surface area contributed by atoms with Crippen molar-refractivity contribution in [2.24, 2.45) is 5.73 Å². The fraction of sp³-hybridized carbons (Fsp3) is 0.783. The van der Waals surface area contributed by atoms with Gasteiger partial charge >= 0.3 is 23.5 Å². The van der Waals surface area contributed by atoms with Gasteiger partial charge in [-0.05, 0) is 19.4 Å². The van der Waals surface area contributed by atoms with E-state index in [-0.39, 0.29) is 11.2 Å². The van der Waals surface area contributed by atoms with Crippen LogP contribution >= 0.6 is 23.5 Å². The summed E-state index contributed by atoms with van der Waals surface area (Å²) >= 11 is 0. The lowest BCUT2D eigenvalue weighted by Gasteiger charge is -2.20. The molecule has 6 atom stereocenters. The first-order chi connectivity index (χ1) is 23.7. The number of hydrogen-bond donors (Lipinski definition) is 8. The number of ether oxygens (including phenoxy) is 6. The SMILES string of the molecule is NCCCOCCOCCOCCOCCOCCCNc1ncnc2c1ncn2C1OC(OP(=O)(O)OP(=O)(O)OP(=O)(O)O)C(O)C1O. The number of nitrogens with zero attached hydrogens (tertiary/aromatic N) is 4. The van der Waals surface area contributed by atoms with Crippen LogP contribution in [-0.4, -0.2) is 147 Å². The van der Waals surface area contributed by atoms with Crippen LogP contribution in [0.2, 0.25) is 0 Å². The molecular formula is C23H43N6O18P3. The predicted octanol–water partition coefficient (Wildman–Crippen LogP) is -1.02. The molecule has 1 fully saturated rings. The van der Waals surface area contributed by atoms with Crippen LogP contribution in [0.3, 0.4) is 0 Å². The number of imidazole rings is 1. The molecule has 3 rings (SSSR count). The molecule has 0 bridgehead atoms. The lowest BCUT2D eigenvalue weighted by atomic mass is 10.2. The van der Waals surface area contributed by atoms with E-state index in [1.54, 1.807) is 0 Å². The van der Waals surface area contributed by atoms with Gasteiger partial charge in [0.1, 0.15) is 18.5 Å². The Kier molecular flexibility index (Phi) is 18.1. The fourth-order valence-electron chi connectivity index (χ4n) is 4.09. The molecule has 1 aliphatic rings. The van der Waals surface area contributed by atoms with Crippen LogP contribution in [0.1, 0.15) is 19.1 Å². The monoisotopic (exact) mass is 784 g/mol. The second-order valence-electron chi connectivity index (χ2n) is 10.1. The van der Waals surface area contributed by atoms with Crippen LogP contribution in [0.25, 0.3) is 11.2 Å². The Balaban J connectivity index is 1.34. The number of nitrogens with one attached hydrogen (secondary N) is 1. The molecule has 0 aliphatic carbocycles. The van der Waals surface area contributed by atoms with Crippen LogP contribution in [0.15, 0.2) is 12.7 Å². The highest BCUT2D eigenvalue weighted by Gasteiger charge is 2.50. The molecule has 2 aromatic rings. The number of phosphoric acid groups is 3. The maximum absolute atomic E-state index is 12.2. The number of rotatable bonds is 27. The number of aliphatic hydroxyl groups excluding tert-OH is 2. The zero-order valence-electron chi connectivity index (χ0n) is 26.7. The Hall–Kier alpha value is -1.60. The molecule has 27 heteroatoms. The van der Waals surface area contributed by atoms with E-state index in [0.717, 1.165) is 6.42 Å². The van der Waals surface area contributed by atoms with Gasteiger partial charge in [-0.25, -0.2) is 28.6 Å². The lowest BCUT2D eigenvalue weighted by Crippen LogP contribution is -2.32. The molecular weight excluding hydrogens is 741 g/mol. The Labute approximate surface area is 285 Å². The number of aliphatic hydroxyl groups is 2. The van der Waals surface area contributed by atoms with Gasteiger partial charge in [-0.15, -0.1) is 0 Å². The van der Waals surface area contributed by atoms with Crippen molar-refractivity contribution >= 4 is 40.4 Å². The van der Waals surface area contributed by atoms with E-state index in [1.165, 1.54) is 17.2 Å². The summed E-state index contributed by atoms with van der Waals surface area (Å²) in [5.74, 6) is 0.316. The van der Waals surface area contributed by atoms with E-state index in [2.05, 4.69) is 33.4 Å². The third-order valence-electron chi connectivity index (χ3n) is 6.22. The zero-order valence-corrected chi connectivity index (χ0v) is 29.3. The van der Waals surface area contributed by atoms with Crippen molar-refractivity contribution in [3.63, 3.8) is 0 Å². The molecule has 1 saturated heterocycles. The molecule has 3 heterocycles. The van der Waals surface area contributed by atoms with Gasteiger partial charge < -0.3 is 69.3 Å². The number of anilines is 1. The van der Waals surface area contributed by atoms with Crippen molar-refractivity contribution in [2.45, 2.75) is 37.6 Å². The number of fused-ring (bicyclic) bond motifs is 1. The zero-order chi connectivity index (χ0) is 36.6. The van der Waals surface area contributed by atoms with Gasteiger partial charge in [0.2, 0.25) is 0 Å². The molecule has 6 unspecified atom stereocenters. The summed E-state index contributed by atoms with van der Waals surface area (Å²) in [6.45, 7) is 5.64. The molecule has 50 heavy (non-hydrogen) atoms. The van der Waals surface area contributed by atoms with Crippen molar-refractivity contribution in [1.82, 2.24) is 19.5 Å². The summed E-state index contributed by atoms with van der Waals surface area (Å²) < 4.78 is 80.0. The molecule has 9 N–H and O–H groups in total. The van der Waals surface area contributed by atoms with Crippen LogP contribution in [0.5, 0.6) is 0 Å². The smallest absolute Gasteiger partial charge is 0.385 e. The molecule has 2 aromatic heterocycles. The number of nitrogens with two attached hydrogens (primary N) is 1. The van der Waals surface area contributed by atoms with Gasteiger partial charge in [-0.2, -0.15) is 8.62 Å². The number of aromatic nitrogens is 4. The first kappa shape index (κ1) is 42.8. The largest absolute Gasteiger partial charge is 0.490 e. The van der Waals surface area contributed by atoms with Crippen LogP contribution in [-0.2, 0) is 55.3 Å². The third kappa shape index (κ3) is 15.2. The topological polar surface area (TPSA) is 337 Å². The molecule has 0 saturated carbocycles. The van der Waals surface area contributed by atoms with Crippen LogP contribution in [0.4, 0.5) is 5.82 Å². The molecule has 24 nitrogen and oxygen atoms in total. The highest BCUT2D eigenvalue weighted by molar-refractivity contribution is 7.66. The first-order valence-corrected chi connectivity index (χ1v) is 19.6. The van der Waals surface area contributed by atoms with E-state index in [1.807, 2.05) is 0 Å².